The molecule has 1 unspecified atom stereocenters. The summed E-state index contributed by atoms with van der Waals surface area (Å²) in [7, 11) is 0. The maximum absolute atomic E-state index is 12.2. The molecule has 0 radical (unpaired) electrons. The minimum absolute atomic E-state index is 0.0160. The predicted octanol–water partition coefficient (Wildman–Crippen LogP) is 1.48. The van der Waals surface area contributed by atoms with Crippen molar-refractivity contribution < 1.29 is 4.79 Å². The quantitative estimate of drug-likeness (QED) is 0.756. The Hall–Kier alpha value is -1.39. The molecule has 3 N–H and O–H groups in total. The Kier molecular flexibility index (Phi) is 4.22. The van der Waals surface area contributed by atoms with E-state index < -0.39 is 0 Å². The Morgan fingerprint density at radius 1 is 1.26 bits per heavy atom. The fraction of sp³-hybridized carbons (Fsp3) is 0.533. The minimum Gasteiger partial charge on any atom is -0.324 e. The van der Waals surface area contributed by atoms with E-state index in [-0.39, 0.29) is 17.4 Å². The number of nitrogens with one attached hydrogen (secondary N) is 3. The molecule has 0 aromatic heterocycles. The molecule has 1 fully saturated rings. The maximum Gasteiger partial charge on any atom is 0.242 e. The van der Waals surface area contributed by atoms with E-state index in [4.69, 9.17) is 0 Å². The summed E-state index contributed by atoms with van der Waals surface area (Å²) in [5, 5.41) is 9.49. The second kappa shape index (κ2) is 5.72. The van der Waals surface area contributed by atoms with Crippen LogP contribution < -0.4 is 16.0 Å². The first-order valence-corrected chi connectivity index (χ1v) is 6.83. The Bertz CT molecular complexity index is 445. The summed E-state index contributed by atoms with van der Waals surface area (Å²) >= 11 is 0. The highest BCUT2D eigenvalue weighted by Crippen LogP contribution is 2.29. The normalized spacial score (nSPS) is 20.1. The highest BCUT2D eigenvalue weighted by molar-refractivity contribution is 5.95. The van der Waals surface area contributed by atoms with Crippen molar-refractivity contribution in [1.29, 1.82) is 0 Å². The first-order chi connectivity index (χ1) is 8.98. The molecule has 104 valence electrons. The summed E-state index contributed by atoms with van der Waals surface area (Å²) in [6.07, 6.45) is 0. The van der Waals surface area contributed by atoms with Gasteiger partial charge < -0.3 is 16.0 Å². The van der Waals surface area contributed by atoms with E-state index in [2.05, 4.69) is 42.8 Å². The Morgan fingerprint density at radius 2 is 2.00 bits per heavy atom. The predicted molar refractivity (Wildman–Crippen MR) is 78.4 cm³/mol. The van der Waals surface area contributed by atoms with Crippen molar-refractivity contribution in [2.45, 2.75) is 32.2 Å². The lowest BCUT2D eigenvalue weighted by molar-refractivity contribution is -0.118. The van der Waals surface area contributed by atoms with Crippen LogP contribution in [0, 0.1) is 0 Å². The number of rotatable bonds is 2. The minimum atomic E-state index is -0.151. The van der Waals surface area contributed by atoms with E-state index in [0.29, 0.717) is 6.54 Å². The smallest absolute Gasteiger partial charge is 0.242 e. The van der Waals surface area contributed by atoms with Crippen LogP contribution in [0.5, 0.6) is 0 Å². The Labute approximate surface area is 115 Å². The molecule has 0 bridgehead atoms. The van der Waals surface area contributed by atoms with Gasteiger partial charge in [0.25, 0.3) is 0 Å². The van der Waals surface area contributed by atoms with Gasteiger partial charge in [-0.05, 0) is 17.0 Å². The number of hydrogen-bond acceptors (Lipinski definition) is 3. The molecule has 2 rings (SSSR count). The third kappa shape index (κ3) is 3.55. The second-order valence-corrected chi connectivity index (χ2v) is 6.00. The van der Waals surface area contributed by atoms with Gasteiger partial charge >= 0.3 is 0 Å². The summed E-state index contributed by atoms with van der Waals surface area (Å²) in [4.78, 5) is 12.2. The zero-order valence-corrected chi connectivity index (χ0v) is 11.9. The van der Waals surface area contributed by atoms with Gasteiger partial charge in [0.2, 0.25) is 5.91 Å². The average Bonchev–Trinajstić information content (AvgIpc) is 2.39. The van der Waals surface area contributed by atoms with Crippen LogP contribution >= 0.6 is 0 Å². The number of carbonyl (C=O) groups is 1. The molecule has 1 amide bonds. The van der Waals surface area contributed by atoms with E-state index in [1.807, 2.05) is 18.2 Å². The highest BCUT2D eigenvalue weighted by Gasteiger charge is 2.23. The average molecular weight is 261 g/mol. The molecule has 0 saturated carbocycles. The number of anilines is 1. The standard InChI is InChI=1S/C15H23N3O/c1-15(2,3)11-6-4-5-7-12(11)18-14(19)13-10-16-8-9-17-13/h4-7,13,16-17H,8-10H2,1-3H3,(H,18,19). The van der Waals surface area contributed by atoms with Crippen LogP contribution in [0.25, 0.3) is 0 Å². The number of benzene rings is 1. The molecule has 1 aliphatic rings. The molecule has 1 saturated heterocycles. The number of hydrogen-bond donors (Lipinski definition) is 3. The Morgan fingerprint density at radius 3 is 2.63 bits per heavy atom. The molecular formula is C15H23N3O. The first-order valence-electron chi connectivity index (χ1n) is 6.83. The van der Waals surface area contributed by atoms with Gasteiger partial charge in [0.1, 0.15) is 0 Å². The van der Waals surface area contributed by atoms with Crippen LogP contribution in [0.2, 0.25) is 0 Å². The van der Waals surface area contributed by atoms with E-state index in [1.54, 1.807) is 0 Å². The van der Waals surface area contributed by atoms with Crippen molar-refractivity contribution in [3.05, 3.63) is 29.8 Å². The topological polar surface area (TPSA) is 53.2 Å². The van der Waals surface area contributed by atoms with Crippen LogP contribution in [0.4, 0.5) is 5.69 Å². The lowest BCUT2D eigenvalue weighted by atomic mass is 9.86. The largest absolute Gasteiger partial charge is 0.324 e. The molecular weight excluding hydrogens is 238 g/mol. The summed E-state index contributed by atoms with van der Waals surface area (Å²) in [5.74, 6) is 0.0314. The number of para-hydroxylation sites is 1. The van der Waals surface area contributed by atoms with Crippen molar-refractivity contribution >= 4 is 11.6 Å². The van der Waals surface area contributed by atoms with Crippen molar-refractivity contribution in [1.82, 2.24) is 10.6 Å². The van der Waals surface area contributed by atoms with Gasteiger partial charge in [-0.2, -0.15) is 0 Å². The number of carbonyl (C=O) groups excluding carboxylic acids is 1. The lowest BCUT2D eigenvalue weighted by Gasteiger charge is -2.26. The van der Waals surface area contributed by atoms with Crippen LogP contribution in [0.3, 0.4) is 0 Å². The molecule has 4 nitrogen and oxygen atoms in total. The van der Waals surface area contributed by atoms with Crippen LogP contribution in [0.15, 0.2) is 24.3 Å². The lowest BCUT2D eigenvalue weighted by Crippen LogP contribution is -2.54. The van der Waals surface area contributed by atoms with Gasteiger partial charge in [-0.1, -0.05) is 39.0 Å². The van der Waals surface area contributed by atoms with Gasteiger partial charge in [0.05, 0.1) is 6.04 Å². The van der Waals surface area contributed by atoms with E-state index in [9.17, 15) is 4.79 Å². The van der Waals surface area contributed by atoms with Gasteiger partial charge in [-0.3, -0.25) is 4.79 Å². The molecule has 0 aliphatic carbocycles. The fourth-order valence-corrected chi connectivity index (χ4v) is 2.30. The molecule has 1 aliphatic heterocycles. The van der Waals surface area contributed by atoms with Crippen molar-refractivity contribution in [3.63, 3.8) is 0 Å². The third-order valence-corrected chi connectivity index (χ3v) is 3.35. The molecule has 1 aromatic rings. The third-order valence-electron chi connectivity index (χ3n) is 3.35. The van der Waals surface area contributed by atoms with Crippen LogP contribution in [-0.4, -0.2) is 31.6 Å². The molecule has 1 atom stereocenters. The molecule has 19 heavy (non-hydrogen) atoms. The summed E-state index contributed by atoms with van der Waals surface area (Å²) < 4.78 is 0. The molecule has 1 heterocycles. The van der Waals surface area contributed by atoms with Gasteiger partial charge in [0.15, 0.2) is 0 Å². The van der Waals surface area contributed by atoms with Gasteiger partial charge in [-0.25, -0.2) is 0 Å². The zero-order valence-electron chi connectivity index (χ0n) is 11.9. The first kappa shape index (κ1) is 14.0. The fourth-order valence-electron chi connectivity index (χ4n) is 2.30. The van der Waals surface area contributed by atoms with Crippen LogP contribution in [0.1, 0.15) is 26.3 Å². The van der Waals surface area contributed by atoms with Crippen molar-refractivity contribution in [3.8, 4) is 0 Å². The zero-order chi connectivity index (χ0) is 13.9. The number of piperazine rings is 1. The van der Waals surface area contributed by atoms with E-state index in [0.717, 1.165) is 24.3 Å². The van der Waals surface area contributed by atoms with E-state index in [1.165, 1.54) is 0 Å². The van der Waals surface area contributed by atoms with E-state index >= 15 is 0 Å². The van der Waals surface area contributed by atoms with Crippen molar-refractivity contribution in [2.75, 3.05) is 25.0 Å². The van der Waals surface area contributed by atoms with Crippen molar-refractivity contribution in [2.24, 2.45) is 0 Å². The number of amides is 1. The Balaban J connectivity index is 2.12. The molecule has 0 spiro atoms. The molecule has 1 aromatic carbocycles. The van der Waals surface area contributed by atoms with Gasteiger partial charge in [-0.15, -0.1) is 0 Å². The maximum atomic E-state index is 12.2. The second-order valence-electron chi connectivity index (χ2n) is 6.00. The summed E-state index contributed by atoms with van der Waals surface area (Å²) in [5.41, 5.74) is 2.08. The van der Waals surface area contributed by atoms with Crippen LogP contribution in [-0.2, 0) is 10.2 Å². The summed E-state index contributed by atoms with van der Waals surface area (Å²) in [6.45, 7) is 8.89. The summed E-state index contributed by atoms with van der Waals surface area (Å²) in [6, 6.07) is 7.85. The highest BCUT2D eigenvalue weighted by atomic mass is 16.2. The van der Waals surface area contributed by atoms with Gasteiger partial charge in [0, 0.05) is 25.3 Å². The SMILES string of the molecule is CC(C)(C)c1ccccc1NC(=O)C1CNCCN1. The molecule has 4 heteroatoms. The monoisotopic (exact) mass is 261 g/mol.